The molecule has 1 aliphatic rings. The summed E-state index contributed by atoms with van der Waals surface area (Å²) < 4.78 is 5.45. The summed E-state index contributed by atoms with van der Waals surface area (Å²) >= 11 is 0. The highest BCUT2D eigenvalue weighted by Crippen LogP contribution is 2.14. The monoisotopic (exact) mass is 290 g/mol. The van der Waals surface area contributed by atoms with Gasteiger partial charge >= 0.3 is 0 Å². The van der Waals surface area contributed by atoms with Crippen LogP contribution < -0.4 is 15.4 Å². The van der Waals surface area contributed by atoms with E-state index in [9.17, 15) is 9.59 Å². The molecule has 5 heteroatoms. The standard InChI is InChI=1S/C16H22N2O3/c1-11-15(7-4-8-17-11)18-16(20)10-21-14-6-3-5-13(9-14)12(2)19/h3,5-6,9,11,15,17H,4,7-8,10H2,1-2H3,(H,18,20). The van der Waals surface area contributed by atoms with E-state index in [1.54, 1.807) is 24.3 Å². The van der Waals surface area contributed by atoms with Crippen LogP contribution >= 0.6 is 0 Å². The second-order valence-electron chi connectivity index (χ2n) is 5.43. The maximum absolute atomic E-state index is 11.9. The summed E-state index contributed by atoms with van der Waals surface area (Å²) in [7, 11) is 0. The highest BCUT2D eigenvalue weighted by atomic mass is 16.5. The number of nitrogens with one attached hydrogen (secondary N) is 2. The number of benzene rings is 1. The molecule has 2 unspecified atom stereocenters. The molecule has 1 aromatic carbocycles. The van der Waals surface area contributed by atoms with E-state index in [1.807, 2.05) is 0 Å². The molecular weight excluding hydrogens is 268 g/mol. The van der Waals surface area contributed by atoms with Gasteiger partial charge in [-0.1, -0.05) is 12.1 Å². The van der Waals surface area contributed by atoms with E-state index in [2.05, 4.69) is 17.6 Å². The molecule has 2 N–H and O–H groups in total. The van der Waals surface area contributed by atoms with Crippen LogP contribution in [0.2, 0.25) is 0 Å². The molecule has 0 spiro atoms. The molecule has 0 saturated carbocycles. The van der Waals surface area contributed by atoms with E-state index >= 15 is 0 Å². The minimum absolute atomic E-state index is 0.0213. The van der Waals surface area contributed by atoms with Gasteiger partial charge in [0, 0.05) is 17.6 Å². The molecule has 1 saturated heterocycles. The fourth-order valence-electron chi connectivity index (χ4n) is 2.44. The van der Waals surface area contributed by atoms with Gasteiger partial charge in [-0.3, -0.25) is 9.59 Å². The molecule has 0 radical (unpaired) electrons. The van der Waals surface area contributed by atoms with Crippen LogP contribution in [0.3, 0.4) is 0 Å². The maximum Gasteiger partial charge on any atom is 0.258 e. The molecule has 5 nitrogen and oxygen atoms in total. The fraction of sp³-hybridized carbons (Fsp3) is 0.500. The molecule has 1 heterocycles. The number of hydrogen-bond acceptors (Lipinski definition) is 4. The minimum atomic E-state index is -0.135. The molecule has 21 heavy (non-hydrogen) atoms. The first-order valence-electron chi connectivity index (χ1n) is 7.33. The topological polar surface area (TPSA) is 67.4 Å². The van der Waals surface area contributed by atoms with Gasteiger partial charge in [0.15, 0.2) is 12.4 Å². The van der Waals surface area contributed by atoms with Crippen molar-refractivity contribution in [1.82, 2.24) is 10.6 Å². The van der Waals surface area contributed by atoms with Crippen LogP contribution in [-0.4, -0.2) is 36.9 Å². The van der Waals surface area contributed by atoms with E-state index in [0.29, 0.717) is 11.3 Å². The Balaban J connectivity index is 1.83. The van der Waals surface area contributed by atoms with Crippen molar-refractivity contribution in [3.63, 3.8) is 0 Å². The SMILES string of the molecule is CC(=O)c1cccc(OCC(=O)NC2CCCNC2C)c1. The first-order chi connectivity index (χ1) is 10.1. The lowest BCUT2D eigenvalue weighted by Crippen LogP contribution is -2.52. The minimum Gasteiger partial charge on any atom is -0.484 e. The summed E-state index contributed by atoms with van der Waals surface area (Å²) in [6, 6.07) is 7.30. The van der Waals surface area contributed by atoms with Crippen LogP contribution in [0.4, 0.5) is 0 Å². The van der Waals surface area contributed by atoms with Gasteiger partial charge in [-0.15, -0.1) is 0 Å². The van der Waals surface area contributed by atoms with Crippen LogP contribution in [0.25, 0.3) is 0 Å². The Morgan fingerprint density at radius 3 is 2.95 bits per heavy atom. The van der Waals surface area contributed by atoms with Gasteiger partial charge in [0.25, 0.3) is 5.91 Å². The average molecular weight is 290 g/mol. The number of piperidine rings is 1. The van der Waals surface area contributed by atoms with Crippen molar-refractivity contribution in [2.75, 3.05) is 13.2 Å². The van der Waals surface area contributed by atoms with Crippen molar-refractivity contribution in [2.45, 2.75) is 38.8 Å². The van der Waals surface area contributed by atoms with Crippen molar-refractivity contribution in [3.05, 3.63) is 29.8 Å². The van der Waals surface area contributed by atoms with Crippen molar-refractivity contribution >= 4 is 11.7 Å². The number of amides is 1. The number of hydrogen-bond donors (Lipinski definition) is 2. The van der Waals surface area contributed by atoms with Gasteiger partial charge in [-0.2, -0.15) is 0 Å². The molecule has 1 fully saturated rings. The van der Waals surface area contributed by atoms with Crippen LogP contribution in [0.15, 0.2) is 24.3 Å². The predicted molar refractivity (Wildman–Crippen MR) is 80.6 cm³/mol. The lowest BCUT2D eigenvalue weighted by atomic mass is 10.00. The fourth-order valence-corrected chi connectivity index (χ4v) is 2.44. The average Bonchev–Trinajstić information content (AvgIpc) is 2.48. The zero-order valence-corrected chi connectivity index (χ0v) is 12.5. The van der Waals surface area contributed by atoms with E-state index < -0.39 is 0 Å². The number of carbonyl (C=O) groups is 2. The van der Waals surface area contributed by atoms with Crippen molar-refractivity contribution < 1.29 is 14.3 Å². The number of ether oxygens (including phenoxy) is 1. The van der Waals surface area contributed by atoms with Gasteiger partial charge < -0.3 is 15.4 Å². The normalized spacial score (nSPS) is 21.6. The summed E-state index contributed by atoms with van der Waals surface area (Å²) in [5.74, 6) is 0.378. The molecule has 114 valence electrons. The molecular formula is C16H22N2O3. The Bertz CT molecular complexity index is 516. The highest BCUT2D eigenvalue weighted by molar-refractivity contribution is 5.94. The first kappa shape index (κ1) is 15.5. The Kier molecular flexibility index (Phi) is 5.33. The van der Waals surface area contributed by atoms with E-state index in [0.717, 1.165) is 19.4 Å². The Morgan fingerprint density at radius 1 is 1.43 bits per heavy atom. The smallest absolute Gasteiger partial charge is 0.258 e. The molecule has 0 aromatic heterocycles. The summed E-state index contributed by atoms with van der Waals surface area (Å²) in [5, 5.41) is 6.32. The number of carbonyl (C=O) groups excluding carboxylic acids is 2. The lowest BCUT2D eigenvalue weighted by molar-refractivity contribution is -0.124. The Hall–Kier alpha value is -1.88. The van der Waals surface area contributed by atoms with Crippen LogP contribution in [-0.2, 0) is 4.79 Å². The lowest BCUT2D eigenvalue weighted by Gasteiger charge is -2.30. The van der Waals surface area contributed by atoms with Crippen LogP contribution in [0.1, 0.15) is 37.0 Å². The molecule has 2 atom stereocenters. The largest absolute Gasteiger partial charge is 0.484 e. The van der Waals surface area contributed by atoms with Gasteiger partial charge in [-0.05, 0) is 45.4 Å². The van der Waals surface area contributed by atoms with Crippen molar-refractivity contribution in [2.24, 2.45) is 0 Å². The quantitative estimate of drug-likeness (QED) is 0.807. The third-order valence-electron chi connectivity index (χ3n) is 3.72. The summed E-state index contributed by atoms with van der Waals surface area (Å²) in [5.41, 5.74) is 0.581. The summed E-state index contributed by atoms with van der Waals surface area (Å²) in [6.07, 6.45) is 2.05. The number of rotatable bonds is 5. The van der Waals surface area contributed by atoms with Crippen molar-refractivity contribution in [1.29, 1.82) is 0 Å². The maximum atomic E-state index is 11.9. The summed E-state index contributed by atoms with van der Waals surface area (Å²) in [6.45, 7) is 4.54. The second kappa shape index (κ2) is 7.22. The molecule has 0 aliphatic carbocycles. The molecule has 1 aromatic rings. The third kappa shape index (κ3) is 4.56. The Labute approximate surface area is 125 Å². The van der Waals surface area contributed by atoms with Crippen molar-refractivity contribution in [3.8, 4) is 5.75 Å². The first-order valence-corrected chi connectivity index (χ1v) is 7.33. The third-order valence-corrected chi connectivity index (χ3v) is 3.72. The zero-order chi connectivity index (χ0) is 15.2. The highest BCUT2D eigenvalue weighted by Gasteiger charge is 2.22. The summed E-state index contributed by atoms with van der Waals surface area (Å²) in [4.78, 5) is 23.2. The van der Waals surface area contributed by atoms with E-state index in [4.69, 9.17) is 4.74 Å². The number of ketones is 1. The van der Waals surface area contributed by atoms with Gasteiger partial charge in [-0.25, -0.2) is 0 Å². The molecule has 1 amide bonds. The molecule has 0 bridgehead atoms. The van der Waals surface area contributed by atoms with Gasteiger partial charge in [0.2, 0.25) is 0 Å². The van der Waals surface area contributed by atoms with E-state index in [1.165, 1.54) is 6.92 Å². The van der Waals surface area contributed by atoms with Gasteiger partial charge in [0.05, 0.1) is 0 Å². The second-order valence-corrected chi connectivity index (χ2v) is 5.43. The zero-order valence-electron chi connectivity index (χ0n) is 12.5. The molecule has 2 rings (SSSR count). The number of Topliss-reactive ketones (excluding diaryl/α,β-unsaturated/α-hetero) is 1. The van der Waals surface area contributed by atoms with Crippen LogP contribution in [0, 0.1) is 0 Å². The predicted octanol–water partition coefficient (Wildman–Crippen LogP) is 1.52. The van der Waals surface area contributed by atoms with Gasteiger partial charge in [0.1, 0.15) is 5.75 Å². The Morgan fingerprint density at radius 2 is 2.24 bits per heavy atom. The molecule has 1 aliphatic heterocycles. The van der Waals surface area contributed by atoms with E-state index in [-0.39, 0.29) is 30.4 Å². The van der Waals surface area contributed by atoms with Crippen LogP contribution in [0.5, 0.6) is 5.75 Å².